The zero-order chi connectivity index (χ0) is 47.5. The Morgan fingerprint density at radius 3 is 1.57 bits per heavy atom. The van der Waals surface area contributed by atoms with Crippen molar-refractivity contribution in [1.29, 1.82) is 0 Å². The molecule has 16 bridgehead atoms. The Hall–Kier alpha value is -9.64. The highest BCUT2D eigenvalue weighted by molar-refractivity contribution is 6.05. The van der Waals surface area contributed by atoms with Crippen molar-refractivity contribution in [3.8, 4) is 56.0 Å². The maximum absolute atomic E-state index is 12.5. The molecule has 11 heterocycles. The second kappa shape index (κ2) is 13.7. The average Bonchev–Trinajstić information content (AvgIpc) is 4.20. The van der Waals surface area contributed by atoms with E-state index in [1.165, 1.54) is 15.9 Å². The van der Waals surface area contributed by atoms with Crippen LogP contribution in [0.5, 0.6) is 11.5 Å². The quantitative estimate of drug-likeness (QED) is 0.0689. The van der Waals surface area contributed by atoms with Gasteiger partial charge < -0.3 is 55.5 Å². The number of hydrogen-bond acceptors (Lipinski definition) is 11. The number of aromatic nitrogens is 4. The maximum atomic E-state index is 12.5. The second-order valence-electron chi connectivity index (χ2n) is 17.5. The number of hydrogen-bond donors (Lipinski definition) is 9. The zero-order valence-corrected chi connectivity index (χ0v) is 35.3. The number of carboxylic acid groups (broad SMARTS) is 4. The van der Waals surface area contributed by atoms with Gasteiger partial charge in [0.05, 0.1) is 28.1 Å². The highest BCUT2D eigenvalue weighted by atomic mass is 16.4. The smallest absolute Gasteiger partial charge is 0.331 e. The van der Waals surface area contributed by atoms with Crippen molar-refractivity contribution < 1.29 is 54.9 Å². The summed E-state index contributed by atoms with van der Waals surface area (Å²) in [5.41, 5.74) is 10.5. The van der Waals surface area contributed by atoms with Crippen LogP contribution in [0.4, 0.5) is 11.4 Å². The average molecular weight is 917 g/mol. The lowest BCUT2D eigenvalue weighted by Gasteiger charge is -2.35. The number of H-pyrrole nitrogens is 2. The molecule has 0 spiro atoms. The SMILES string of the molecule is O=C(O)C1c2c(-c3ccc(-c4c5nc(cc6[nH]c(c(O)c6O)c(-c6ccc(-c7ccc8c9c7C(C(=O)O)N8C9C(=O)O)cc6)c6nc(cc7ccc4[nH]7)C=C6O)C=C5)cc3)ccc3c2C(C(=O)O)N31. The van der Waals surface area contributed by atoms with E-state index in [1.54, 1.807) is 60.7 Å². The number of aromatic hydroxyl groups is 2. The van der Waals surface area contributed by atoms with Gasteiger partial charge in [0.1, 0.15) is 11.5 Å². The molecule has 69 heavy (non-hydrogen) atoms. The summed E-state index contributed by atoms with van der Waals surface area (Å²) >= 11 is 0. The van der Waals surface area contributed by atoms with Gasteiger partial charge in [0.15, 0.2) is 35.7 Å². The number of fused-ring (bicyclic) bond motifs is 8. The Morgan fingerprint density at radius 2 is 1.01 bits per heavy atom. The molecule has 17 heteroatoms. The van der Waals surface area contributed by atoms with E-state index < -0.39 is 59.5 Å². The number of carbonyl (C=O) groups is 4. The monoisotopic (exact) mass is 916 g/mol. The Kier molecular flexibility index (Phi) is 7.89. The number of anilines is 2. The summed E-state index contributed by atoms with van der Waals surface area (Å²) in [5.74, 6) is -5.78. The van der Waals surface area contributed by atoms with Gasteiger partial charge in [-0.15, -0.1) is 0 Å². The standard InChI is InChI=1S/C52H32N6O11/c59-34-19-26-17-24-9-13-29(53-24)35(22-5-1-20(2-6-22)27-11-15-32-39-37(27)43(49(62)63)57(32)45(39)51(66)67)30-14-10-25(54-30)18-31-47(60)48(61)42(56-31)36(41(34)55-26)23-7-3-21(4-8-23)28-12-16-33-40-38(28)44(50(64)65)58(33)46(40)52(68)69/h1-19,43-46,53,56,59-61H,(H,62,63)(H,64,65)(H,66,67)(H,68,69). The number of aliphatic hydroxyl groups is 1. The van der Waals surface area contributed by atoms with Crippen LogP contribution in [0.25, 0.3) is 90.6 Å². The maximum Gasteiger partial charge on any atom is 0.331 e. The summed E-state index contributed by atoms with van der Waals surface area (Å²) < 4.78 is 0. The third kappa shape index (κ3) is 5.34. The van der Waals surface area contributed by atoms with Gasteiger partial charge in [-0.3, -0.25) is 0 Å². The molecule has 15 rings (SSSR count). The summed E-state index contributed by atoms with van der Waals surface area (Å²) in [7, 11) is 0. The van der Waals surface area contributed by atoms with E-state index in [4.69, 9.17) is 9.97 Å². The van der Waals surface area contributed by atoms with Crippen LogP contribution in [0.2, 0.25) is 0 Å². The van der Waals surface area contributed by atoms with Gasteiger partial charge in [0.25, 0.3) is 0 Å². The van der Waals surface area contributed by atoms with Crippen molar-refractivity contribution in [2.45, 2.75) is 24.2 Å². The number of benzene rings is 4. The van der Waals surface area contributed by atoms with Gasteiger partial charge in [-0.1, -0.05) is 60.7 Å². The summed E-state index contributed by atoms with van der Waals surface area (Å²) in [5, 5.41) is 74.7. The van der Waals surface area contributed by atoms with Crippen LogP contribution in [0, 0.1) is 0 Å². The number of nitrogens with zero attached hydrogens (tertiary/aromatic N) is 4. The van der Waals surface area contributed by atoms with Crippen molar-refractivity contribution in [3.63, 3.8) is 0 Å². The minimum Gasteiger partial charge on any atom is -0.506 e. The van der Waals surface area contributed by atoms with E-state index in [9.17, 15) is 54.9 Å². The number of aliphatic carboxylic acids is 4. The summed E-state index contributed by atoms with van der Waals surface area (Å²) in [6.07, 6.45) is 5.03. The Labute approximate surface area is 387 Å². The highest BCUT2D eigenvalue weighted by Crippen LogP contribution is 2.62. The summed E-state index contributed by atoms with van der Waals surface area (Å²) in [6, 6.07) is 24.0. The minimum absolute atomic E-state index is 0.0328. The van der Waals surface area contributed by atoms with E-state index in [0.29, 0.717) is 95.1 Å². The zero-order valence-electron chi connectivity index (χ0n) is 35.3. The molecule has 0 saturated carbocycles. The fourth-order valence-electron chi connectivity index (χ4n) is 11.1. The predicted octanol–water partition coefficient (Wildman–Crippen LogP) is 8.79. The lowest BCUT2D eigenvalue weighted by Crippen LogP contribution is -2.39. The molecule has 336 valence electrons. The normalized spacial score (nSPS) is 18.5. The van der Waals surface area contributed by atoms with Crippen LogP contribution in [0.15, 0.2) is 97.1 Å². The van der Waals surface area contributed by atoms with Crippen molar-refractivity contribution in [1.82, 2.24) is 19.9 Å². The Bertz CT molecular complexity index is 3830. The topological polar surface area (TPSA) is 274 Å². The van der Waals surface area contributed by atoms with E-state index in [0.717, 1.165) is 5.56 Å². The van der Waals surface area contributed by atoms with Gasteiger partial charge in [-0.25, -0.2) is 29.1 Å². The molecular weight excluding hydrogens is 885 g/mol. The molecule has 8 aliphatic heterocycles. The summed E-state index contributed by atoms with van der Waals surface area (Å²) in [4.78, 5) is 68.2. The molecule has 9 N–H and O–H groups in total. The molecule has 3 aromatic heterocycles. The molecule has 4 atom stereocenters. The van der Waals surface area contributed by atoms with E-state index in [-0.39, 0.29) is 28.0 Å². The van der Waals surface area contributed by atoms with Gasteiger partial charge in [0.2, 0.25) is 0 Å². The van der Waals surface area contributed by atoms with Gasteiger partial charge in [-0.05, 0) is 81.9 Å². The third-order valence-electron chi connectivity index (χ3n) is 13.9. The molecule has 0 amide bonds. The molecule has 4 aromatic carbocycles. The van der Waals surface area contributed by atoms with Gasteiger partial charge >= 0.3 is 23.9 Å². The van der Waals surface area contributed by atoms with E-state index in [1.807, 2.05) is 48.5 Å². The first kappa shape index (κ1) is 39.7. The van der Waals surface area contributed by atoms with Crippen molar-refractivity contribution in [3.05, 3.63) is 142 Å². The van der Waals surface area contributed by atoms with Crippen LogP contribution in [0.3, 0.4) is 0 Å². The second-order valence-corrected chi connectivity index (χ2v) is 17.5. The molecule has 0 fully saturated rings. The number of nitrogens with one attached hydrogen (secondary N) is 2. The third-order valence-corrected chi connectivity index (χ3v) is 13.9. The molecule has 0 saturated heterocycles. The first-order valence-corrected chi connectivity index (χ1v) is 21.6. The van der Waals surface area contributed by atoms with Crippen LogP contribution in [-0.4, -0.2) is 79.6 Å². The minimum atomic E-state index is -1.17. The number of rotatable bonds is 8. The molecule has 7 aromatic rings. The van der Waals surface area contributed by atoms with Gasteiger partial charge in [-0.2, -0.15) is 0 Å². The van der Waals surface area contributed by atoms with Crippen LogP contribution >= 0.6 is 0 Å². The molecule has 8 aliphatic rings. The Balaban J connectivity index is 0.939. The number of aromatic amines is 2. The number of aliphatic hydroxyl groups excluding tert-OH is 1. The fourth-order valence-corrected chi connectivity index (χ4v) is 11.1. The van der Waals surface area contributed by atoms with E-state index >= 15 is 0 Å². The molecule has 4 unspecified atom stereocenters. The van der Waals surface area contributed by atoms with Crippen LogP contribution < -0.4 is 9.80 Å². The predicted molar refractivity (Wildman–Crippen MR) is 252 cm³/mol. The Morgan fingerprint density at radius 1 is 0.493 bits per heavy atom. The first-order chi connectivity index (χ1) is 33.3. The lowest BCUT2D eigenvalue weighted by atomic mass is 9.89. The molecule has 0 aliphatic carbocycles. The lowest BCUT2D eigenvalue weighted by molar-refractivity contribution is -0.142. The first-order valence-electron chi connectivity index (χ1n) is 21.6. The van der Waals surface area contributed by atoms with Crippen molar-refractivity contribution >= 4 is 81.3 Å². The van der Waals surface area contributed by atoms with Crippen LogP contribution in [0.1, 0.15) is 69.2 Å². The molecule has 0 radical (unpaired) electrons. The largest absolute Gasteiger partial charge is 0.506 e. The van der Waals surface area contributed by atoms with E-state index in [2.05, 4.69) is 9.97 Å². The summed E-state index contributed by atoms with van der Waals surface area (Å²) in [6.45, 7) is 0. The van der Waals surface area contributed by atoms with Crippen molar-refractivity contribution in [2.75, 3.05) is 9.80 Å². The van der Waals surface area contributed by atoms with Crippen LogP contribution in [-0.2, 0) is 19.2 Å². The van der Waals surface area contributed by atoms with Crippen molar-refractivity contribution in [2.24, 2.45) is 0 Å². The molecular formula is C52H32N6O11. The fraction of sp³-hybridized carbons (Fsp3) is 0.0769. The van der Waals surface area contributed by atoms with Gasteiger partial charge in [0, 0.05) is 61.9 Å². The number of carboxylic acids is 4. The highest BCUT2D eigenvalue weighted by Gasteiger charge is 2.58. The molecule has 17 nitrogen and oxygen atoms in total.